The molecule has 2 aromatic heterocycles. The minimum atomic E-state index is 0.796. The topological polar surface area (TPSA) is 41.3 Å². The van der Waals surface area contributed by atoms with Gasteiger partial charge in [0, 0.05) is 37.5 Å². The lowest BCUT2D eigenvalue weighted by molar-refractivity contribution is 0.563. The molecule has 0 amide bonds. The molecule has 2 aromatic rings. The average Bonchev–Trinajstić information content (AvgIpc) is 2.83. The van der Waals surface area contributed by atoms with Crippen LogP contribution < -0.4 is 10.2 Å². The third-order valence-electron chi connectivity index (χ3n) is 2.60. The molecular weight excluding hydrogens is 214 g/mol. The maximum absolute atomic E-state index is 5.07. The highest BCUT2D eigenvalue weighted by Gasteiger charge is 2.08. The lowest BCUT2D eigenvalue weighted by Crippen LogP contribution is -2.20. The summed E-state index contributed by atoms with van der Waals surface area (Å²) in [4.78, 5) is 6.56. The molecule has 1 N–H and O–H groups in total. The van der Waals surface area contributed by atoms with Crippen molar-refractivity contribution < 1.29 is 4.42 Å². The van der Waals surface area contributed by atoms with Gasteiger partial charge in [-0.3, -0.25) is 0 Å². The summed E-state index contributed by atoms with van der Waals surface area (Å²) < 4.78 is 5.07. The minimum Gasteiger partial charge on any atom is -0.472 e. The van der Waals surface area contributed by atoms with Crippen molar-refractivity contribution >= 4 is 5.82 Å². The Balaban J connectivity index is 2.15. The van der Waals surface area contributed by atoms with Crippen LogP contribution in [0, 0.1) is 0 Å². The van der Waals surface area contributed by atoms with Crippen molar-refractivity contribution in [1.82, 2.24) is 10.3 Å². The van der Waals surface area contributed by atoms with E-state index in [9.17, 15) is 0 Å². The molecule has 0 saturated carbocycles. The highest BCUT2D eigenvalue weighted by molar-refractivity contribution is 5.46. The standard InChI is InChI=1S/C13H17N3O/c1-14-8-12-4-3-6-15-13(12)16(2)9-11-5-7-17-10-11/h3-7,10,14H,8-9H2,1-2H3. The smallest absolute Gasteiger partial charge is 0.133 e. The van der Waals surface area contributed by atoms with Gasteiger partial charge in [0.1, 0.15) is 5.82 Å². The Hall–Kier alpha value is -1.81. The first-order chi connectivity index (χ1) is 8.31. The van der Waals surface area contributed by atoms with Crippen molar-refractivity contribution in [3.05, 3.63) is 48.0 Å². The van der Waals surface area contributed by atoms with Crippen molar-refractivity contribution in [3.63, 3.8) is 0 Å². The van der Waals surface area contributed by atoms with E-state index in [1.165, 1.54) is 5.56 Å². The van der Waals surface area contributed by atoms with Gasteiger partial charge in [-0.05, 0) is 19.2 Å². The summed E-state index contributed by atoms with van der Waals surface area (Å²) in [6.45, 7) is 1.61. The summed E-state index contributed by atoms with van der Waals surface area (Å²) in [7, 11) is 3.97. The molecule has 0 aromatic carbocycles. The number of hydrogen-bond acceptors (Lipinski definition) is 4. The predicted molar refractivity (Wildman–Crippen MR) is 67.8 cm³/mol. The SMILES string of the molecule is CNCc1cccnc1N(C)Cc1ccoc1. The fraction of sp³-hybridized carbons (Fsp3) is 0.308. The van der Waals surface area contributed by atoms with E-state index < -0.39 is 0 Å². The van der Waals surface area contributed by atoms with Crippen molar-refractivity contribution in [2.24, 2.45) is 0 Å². The van der Waals surface area contributed by atoms with E-state index in [1.54, 1.807) is 12.5 Å². The molecule has 2 rings (SSSR count). The van der Waals surface area contributed by atoms with Gasteiger partial charge in [0.25, 0.3) is 0 Å². The summed E-state index contributed by atoms with van der Waals surface area (Å²) in [5.41, 5.74) is 2.34. The first-order valence-electron chi connectivity index (χ1n) is 5.62. The Labute approximate surface area is 101 Å². The van der Waals surface area contributed by atoms with Gasteiger partial charge < -0.3 is 14.6 Å². The summed E-state index contributed by atoms with van der Waals surface area (Å²) in [5.74, 6) is 1.00. The molecule has 17 heavy (non-hydrogen) atoms. The Morgan fingerprint density at radius 1 is 1.41 bits per heavy atom. The summed E-state index contributed by atoms with van der Waals surface area (Å²) >= 11 is 0. The Morgan fingerprint density at radius 3 is 3.00 bits per heavy atom. The molecule has 0 spiro atoms. The third-order valence-corrected chi connectivity index (χ3v) is 2.60. The highest BCUT2D eigenvalue weighted by atomic mass is 16.3. The molecule has 0 unspecified atom stereocenters. The van der Waals surface area contributed by atoms with Crippen LogP contribution in [-0.4, -0.2) is 19.1 Å². The van der Waals surface area contributed by atoms with E-state index in [0.29, 0.717) is 0 Å². The largest absolute Gasteiger partial charge is 0.472 e. The summed E-state index contributed by atoms with van der Waals surface area (Å²) in [5, 5.41) is 3.15. The zero-order valence-electron chi connectivity index (χ0n) is 10.2. The molecule has 0 saturated heterocycles. The van der Waals surface area contributed by atoms with E-state index in [1.807, 2.05) is 32.4 Å². The van der Waals surface area contributed by atoms with Crippen molar-refractivity contribution in [2.45, 2.75) is 13.1 Å². The van der Waals surface area contributed by atoms with Gasteiger partial charge in [-0.15, -0.1) is 0 Å². The Morgan fingerprint density at radius 2 is 2.29 bits per heavy atom. The molecule has 0 aliphatic heterocycles. The van der Waals surface area contributed by atoms with Gasteiger partial charge in [-0.25, -0.2) is 4.98 Å². The van der Waals surface area contributed by atoms with Crippen molar-refractivity contribution in [3.8, 4) is 0 Å². The summed E-state index contributed by atoms with van der Waals surface area (Å²) in [6, 6.07) is 6.02. The van der Waals surface area contributed by atoms with Gasteiger partial charge in [-0.1, -0.05) is 6.07 Å². The maximum Gasteiger partial charge on any atom is 0.133 e. The third kappa shape index (κ3) is 2.85. The zero-order chi connectivity index (χ0) is 12.1. The van der Waals surface area contributed by atoms with Crippen molar-refractivity contribution in [1.29, 1.82) is 0 Å². The quantitative estimate of drug-likeness (QED) is 0.855. The van der Waals surface area contributed by atoms with Crippen LogP contribution in [0.1, 0.15) is 11.1 Å². The van der Waals surface area contributed by atoms with E-state index in [0.717, 1.165) is 24.5 Å². The fourth-order valence-corrected chi connectivity index (χ4v) is 1.83. The second-order valence-corrected chi connectivity index (χ2v) is 4.00. The van der Waals surface area contributed by atoms with Crippen LogP contribution in [0.5, 0.6) is 0 Å². The van der Waals surface area contributed by atoms with Gasteiger partial charge in [-0.2, -0.15) is 0 Å². The van der Waals surface area contributed by atoms with E-state index in [-0.39, 0.29) is 0 Å². The molecule has 0 radical (unpaired) electrons. The van der Waals surface area contributed by atoms with E-state index in [4.69, 9.17) is 4.42 Å². The number of nitrogens with zero attached hydrogens (tertiary/aromatic N) is 2. The van der Waals surface area contributed by atoms with E-state index >= 15 is 0 Å². The molecule has 0 aliphatic rings. The van der Waals surface area contributed by atoms with Gasteiger partial charge in [0.2, 0.25) is 0 Å². The number of aromatic nitrogens is 1. The first kappa shape index (κ1) is 11.7. The lowest BCUT2D eigenvalue weighted by Gasteiger charge is -2.20. The van der Waals surface area contributed by atoms with Crippen LogP contribution in [0.4, 0.5) is 5.82 Å². The average molecular weight is 231 g/mol. The van der Waals surface area contributed by atoms with Crippen molar-refractivity contribution in [2.75, 3.05) is 19.0 Å². The monoisotopic (exact) mass is 231 g/mol. The molecule has 0 aliphatic carbocycles. The summed E-state index contributed by atoms with van der Waals surface area (Å²) in [6.07, 6.45) is 5.27. The number of nitrogens with one attached hydrogen (secondary N) is 1. The lowest BCUT2D eigenvalue weighted by atomic mass is 10.2. The molecule has 90 valence electrons. The van der Waals surface area contributed by atoms with E-state index in [2.05, 4.69) is 21.3 Å². The normalized spacial score (nSPS) is 10.5. The van der Waals surface area contributed by atoms with Crippen LogP contribution in [-0.2, 0) is 13.1 Å². The van der Waals surface area contributed by atoms with Crippen LogP contribution in [0.25, 0.3) is 0 Å². The molecular formula is C13H17N3O. The molecule has 0 fully saturated rings. The maximum atomic E-state index is 5.07. The molecule has 2 heterocycles. The Kier molecular flexibility index (Phi) is 3.77. The van der Waals surface area contributed by atoms with Gasteiger partial charge in [0.15, 0.2) is 0 Å². The second kappa shape index (κ2) is 5.50. The number of furan rings is 1. The van der Waals surface area contributed by atoms with Crippen LogP contribution in [0.15, 0.2) is 41.3 Å². The fourth-order valence-electron chi connectivity index (χ4n) is 1.83. The van der Waals surface area contributed by atoms with Gasteiger partial charge >= 0.3 is 0 Å². The van der Waals surface area contributed by atoms with Gasteiger partial charge in [0.05, 0.1) is 12.5 Å². The zero-order valence-corrected chi connectivity index (χ0v) is 10.2. The molecule has 4 heteroatoms. The highest BCUT2D eigenvalue weighted by Crippen LogP contribution is 2.17. The van der Waals surface area contributed by atoms with Crippen LogP contribution >= 0.6 is 0 Å². The van der Waals surface area contributed by atoms with Crippen LogP contribution in [0.2, 0.25) is 0 Å². The molecule has 4 nitrogen and oxygen atoms in total. The number of rotatable bonds is 5. The number of anilines is 1. The Bertz CT molecular complexity index is 453. The van der Waals surface area contributed by atoms with Crippen LogP contribution in [0.3, 0.4) is 0 Å². The minimum absolute atomic E-state index is 0.796. The number of hydrogen-bond donors (Lipinski definition) is 1. The molecule has 0 atom stereocenters. The number of pyridine rings is 1. The first-order valence-corrected chi connectivity index (χ1v) is 5.62. The second-order valence-electron chi connectivity index (χ2n) is 4.00. The predicted octanol–water partition coefficient (Wildman–Crippen LogP) is 2.03. The molecule has 0 bridgehead atoms.